The van der Waals surface area contributed by atoms with Crippen molar-refractivity contribution in [3.05, 3.63) is 62.6 Å². The largest absolute Gasteiger partial charge is 0.363 e. The Morgan fingerprint density at radius 3 is 2.64 bits per heavy atom. The molecule has 1 heterocycles. The van der Waals surface area contributed by atoms with Gasteiger partial charge in [0.15, 0.2) is 0 Å². The van der Waals surface area contributed by atoms with E-state index in [1.165, 1.54) is 0 Å². The van der Waals surface area contributed by atoms with Gasteiger partial charge < -0.3 is 4.90 Å². The van der Waals surface area contributed by atoms with Gasteiger partial charge >= 0.3 is 0 Å². The molecule has 0 N–H and O–H groups in total. The van der Waals surface area contributed by atoms with Crippen LogP contribution in [0.4, 0.5) is 5.69 Å². The van der Waals surface area contributed by atoms with Gasteiger partial charge in [0.1, 0.15) is 6.07 Å². The summed E-state index contributed by atoms with van der Waals surface area (Å²) in [6, 6.07) is 13.6. The van der Waals surface area contributed by atoms with Gasteiger partial charge in [0.05, 0.1) is 17.2 Å². The number of halogens is 3. The molecule has 28 heavy (non-hydrogen) atoms. The van der Waals surface area contributed by atoms with Crippen molar-refractivity contribution in [3.63, 3.8) is 0 Å². The summed E-state index contributed by atoms with van der Waals surface area (Å²) in [6.45, 7) is 6.20. The van der Waals surface area contributed by atoms with E-state index in [4.69, 9.17) is 39.6 Å². The van der Waals surface area contributed by atoms with E-state index in [2.05, 4.69) is 24.8 Å². The predicted octanol–water partition coefficient (Wildman–Crippen LogP) is 5.94. The van der Waals surface area contributed by atoms with Crippen molar-refractivity contribution in [3.8, 4) is 6.07 Å². The fraction of sp³-hybridized carbons (Fsp3) is 0.381. The smallest absolute Gasteiger partial charge is 0.101 e. The predicted molar refractivity (Wildman–Crippen MR) is 115 cm³/mol. The van der Waals surface area contributed by atoms with Crippen LogP contribution in [0.2, 0.25) is 15.1 Å². The zero-order valence-corrected chi connectivity index (χ0v) is 18.1. The van der Waals surface area contributed by atoms with Crippen LogP contribution in [0, 0.1) is 11.3 Å². The summed E-state index contributed by atoms with van der Waals surface area (Å²) in [5, 5.41) is 13.0. The highest BCUT2D eigenvalue weighted by molar-refractivity contribution is 6.33. The van der Waals surface area contributed by atoms with Gasteiger partial charge in [-0.25, -0.2) is 0 Å². The third-order valence-electron chi connectivity index (χ3n) is 4.87. The van der Waals surface area contributed by atoms with E-state index >= 15 is 0 Å². The first-order chi connectivity index (χ1) is 13.4. The summed E-state index contributed by atoms with van der Waals surface area (Å²) in [4.78, 5) is 8.07. The van der Waals surface area contributed by atoms with Crippen molar-refractivity contribution in [2.45, 2.75) is 38.9 Å². The number of benzene rings is 2. The van der Waals surface area contributed by atoms with Crippen molar-refractivity contribution in [2.24, 2.45) is 0 Å². The van der Waals surface area contributed by atoms with E-state index in [1.54, 1.807) is 12.1 Å². The molecule has 0 unspecified atom stereocenters. The standard InChI is InChI=1S/C21H22Cl3N3O/c1-14(2)27-13-19(7-8-28-27)26(12-16-9-17(22)4-6-20(16)23)18-5-3-15(11-25)21(24)10-18/h3-6,9-10,14,19H,7-8,12-13H2,1-2H3/t19-/m0/s1. The van der Waals surface area contributed by atoms with Crippen molar-refractivity contribution < 1.29 is 4.84 Å². The van der Waals surface area contributed by atoms with E-state index in [0.29, 0.717) is 33.8 Å². The molecule has 2 aromatic carbocycles. The Labute approximate surface area is 181 Å². The van der Waals surface area contributed by atoms with Gasteiger partial charge in [-0.05, 0) is 62.2 Å². The Morgan fingerprint density at radius 2 is 1.96 bits per heavy atom. The average Bonchev–Trinajstić information content (AvgIpc) is 2.68. The summed E-state index contributed by atoms with van der Waals surface area (Å²) >= 11 is 19.0. The molecule has 1 fully saturated rings. The summed E-state index contributed by atoms with van der Waals surface area (Å²) in [7, 11) is 0. The quantitative estimate of drug-likeness (QED) is 0.579. The minimum atomic E-state index is 0.204. The van der Waals surface area contributed by atoms with E-state index in [1.807, 2.05) is 29.3 Å². The second kappa shape index (κ2) is 9.35. The number of hydrogen-bond donors (Lipinski definition) is 0. The highest BCUT2D eigenvalue weighted by atomic mass is 35.5. The van der Waals surface area contributed by atoms with Crippen molar-refractivity contribution in [1.29, 1.82) is 5.26 Å². The number of rotatable bonds is 5. The first kappa shape index (κ1) is 21.2. The summed E-state index contributed by atoms with van der Waals surface area (Å²) in [5.41, 5.74) is 2.34. The number of anilines is 1. The summed E-state index contributed by atoms with van der Waals surface area (Å²) in [5.74, 6) is 0. The van der Waals surface area contributed by atoms with E-state index < -0.39 is 0 Å². The lowest BCUT2D eigenvalue weighted by atomic mass is 10.1. The van der Waals surface area contributed by atoms with Crippen molar-refractivity contribution >= 4 is 40.5 Å². The molecule has 1 aliphatic heterocycles. The van der Waals surface area contributed by atoms with Crippen LogP contribution >= 0.6 is 34.8 Å². The molecule has 0 aliphatic carbocycles. The molecule has 7 heteroatoms. The summed E-state index contributed by atoms with van der Waals surface area (Å²) in [6.07, 6.45) is 0.874. The molecule has 0 radical (unpaired) electrons. The van der Waals surface area contributed by atoms with Crippen LogP contribution in [-0.4, -0.2) is 30.3 Å². The monoisotopic (exact) mass is 437 g/mol. The second-order valence-corrected chi connectivity index (χ2v) is 8.36. The first-order valence-corrected chi connectivity index (χ1v) is 10.3. The lowest BCUT2D eigenvalue weighted by Gasteiger charge is -2.41. The lowest BCUT2D eigenvalue weighted by Crippen LogP contribution is -2.50. The molecule has 0 saturated carbocycles. The van der Waals surface area contributed by atoms with Crippen LogP contribution < -0.4 is 4.90 Å². The molecule has 4 nitrogen and oxygen atoms in total. The minimum absolute atomic E-state index is 0.204. The number of nitriles is 1. The Morgan fingerprint density at radius 1 is 1.18 bits per heavy atom. The van der Waals surface area contributed by atoms with Crippen LogP contribution in [0.1, 0.15) is 31.4 Å². The zero-order chi connectivity index (χ0) is 20.3. The van der Waals surface area contributed by atoms with Crippen LogP contribution in [0.5, 0.6) is 0 Å². The third-order valence-corrected chi connectivity index (χ3v) is 5.79. The lowest BCUT2D eigenvalue weighted by molar-refractivity contribution is -0.203. The van der Waals surface area contributed by atoms with Crippen LogP contribution in [0.3, 0.4) is 0 Å². The normalized spacial score (nSPS) is 17.5. The first-order valence-electron chi connectivity index (χ1n) is 9.19. The Balaban J connectivity index is 1.97. The molecule has 0 amide bonds. The van der Waals surface area contributed by atoms with Gasteiger partial charge in [-0.15, -0.1) is 0 Å². The average molecular weight is 439 g/mol. The molecule has 148 valence electrons. The molecule has 3 rings (SSSR count). The Bertz CT molecular complexity index is 882. The highest BCUT2D eigenvalue weighted by Gasteiger charge is 2.28. The fourth-order valence-corrected chi connectivity index (χ4v) is 3.91. The number of hydrogen-bond acceptors (Lipinski definition) is 4. The molecule has 1 saturated heterocycles. The summed E-state index contributed by atoms with van der Waals surface area (Å²) < 4.78 is 0. The minimum Gasteiger partial charge on any atom is -0.363 e. The molecule has 0 spiro atoms. The maximum Gasteiger partial charge on any atom is 0.101 e. The van der Waals surface area contributed by atoms with Crippen LogP contribution in [0.15, 0.2) is 36.4 Å². The Kier molecular flexibility index (Phi) is 7.09. The molecule has 2 aromatic rings. The van der Waals surface area contributed by atoms with Gasteiger partial charge in [-0.3, -0.25) is 4.84 Å². The third kappa shape index (κ3) is 4.92. The van der Waals surface area contributed by atoms with Gasteiger partial charge in [0, 0.05) is 40.9 Å². The SMILES string of the molecule is CC(C)N1C[C@@H](N(Cc2cc(Cl)ccc2Cl)c2ccc(C#N)c(Cl)c2)CCO1. The van der Waals surface area contributed by atoms with E-state index in [-0.39, 0.29) is 12.1 Å². The Hall–Kier alpha value is -1.48. The van der Waals surface area contributed by atoms with Gasteiger partial charge in [0.2, 0.25) is 0 Å². The second-order valence-electron chi connectivity index (χ2n) is 7.11. The molecular formula is C21H22Cl3N3O. The zero-order valence-electron chi connectivity index (χ0n) is 15.8. The maximum atomic E-state index is 9.19. The number of nitrogens with zero attached hydrogens (tertiary/aromatic N) is 3. The number of hydroxylamine groups is 2. The molecule has 1 aliphatic rings. The van der Waals surface area contributed by atoms with Crippen molar-refractivity contribution in [1.82, 2.24) is 5.06 Å². The highest BCUT2D eigenvalue weighted by Crippen LogP contribution is 2.31. The fourth-order valence-electron chi connectivity index (χ4n) is 3.32. The molecule has 0 bridgehead atoms. The van der Waals surface area contributed by atoms with Gasteiger partial charge in [0.25, 0.3) is 0 Å². The van der Waals surface area contributed by atoms with Crippen LogP contribution in [0.25, 0.3) is 0 Å². The molecule has 1 atom stereocenters. The van der Waals surface area contributed by atoms with Crippen LogP contribution in [-0.2, 0) is 11.4 Å². The van der Waals surface area contributed by atoms with Crippen molar-refractivity contribution in [2.75, 3.05) is 18.1 Å². The topological polar surface area (TPSA) is 39.5 Å². The molecule has 0 aromatic heterocycles. The maximum absolute atomic E-state index is 9.19. The molecular weight excluding hydrogens is 417 g/mol. The van der Waals surface area contributed by atoms with Gasteiger partial charge in [-0.1, -0.05) is 34.8 Å². The van der Waals surface area contributed by atoms with E-state index in [0.717, 1.165) is 24.2 Å². The van der Waals surface area contributed by atoms with E-state index in [9.17, 15) is 5.26 Å². The van der Waals surface area contributed by atoms with Gasteiger partial charge in [-0.2, -0.15) is 10.3 Å².